The highest BCUT2D eigenvalue weighted by Gasteiger charge is 2.28. The van der Waals surface area contributed by atoms with Crippen molar-refractivity contribution >= 4 is 0 Å². The molecule has 1 N–H and O–H groups in total. The zero-order chi connectivity index (χ0) is 15.9. The average Bonchev–Trinajstić information content (AvgIpc) is 2.36. The Morgan fingerprint density at radius 1 is 1.14 bits per heavy atom. The highest BCUT2D eigenvalue weighted by Crippen LogP contribution is 2.16. The second kappa shape index (κ2) is 8.34. The third-order valence-corrected chi connectivity index (χ3v) is 2.87. The van der Waals surface area contributed by atoms with Crippen molar-refractivity contribution in [2.75, 3.05) is 19.8 Å². The Morgan fingerprint density at radius 3 is 2.29 bits per heavy atom. The number of alkyl halides is 3. The van der Waals surface area contributed by atoms with Crippen LogP contribution in [0.3, 0.4) is 0 Å². The van der Waals surface area contributed by atoms with E-state index in [-0.39, 0.29) is 24.4 Å². The first-order valence-electron chi connectivity index (χ1n) is 6.88. The molecular formula is C15H21F4NO. The normalized spacial score (nSPS) is 13.7. The van der Waals surface area contributed by atoms with Crippen molar-refractivity contribution in [2.24, 2.45) is 5.92 Å². The molecule has 1 aromatic rings. The van der Waals surface area contributed by atoms with E-state index in [0.29, 0.717) is 13.0 Å². The summed E-state index contributed by atoms with van der Waals surface area (Å²) in [5, 5.41) is 3.19. The van der Waals surface area contributed by atoms with Crippen LogP contribution in [0.2, 0.25) is 0 Å². The van der Waals surface area contributed by atoms with Crippen molar-refractivity contribution in [1.82, 2.24) is 5.32 Å². The molecule has 0 saturated heterocycles. The average molecular weight is 307 g/mol. The van der Waals surface area contributed by atoms with Gasteiger partial charge in [0.05, 0.1) is 6.61 Å². The van der Waals surface area contributed by atoms with E-state index in [1.165, 1.54) is 12.1 Å². The Bertz CT molecular complexity index is 403. The highest BCUT2D eigenvalue weighted by atomic mass is 19.4. The molecule has 6 heteroatoms. The first-order valence-corrected chi connectivity index (χ1v) is 6.88. The third kappa shape index (κ3) is 8.67. The van der Waals surface area contributed by atoms with Gasteiger partial charge in [-0.2, -0.15) is 13.2 Å². The number of rotatable bonds is 8. The van der Waals surface area contributed by atoms with Crippen LogP contribution in [0.15, 0.2) is 24.3 Å². The van der Waals surface area contributed by atoms with E-state index in [2.05, 4.69) is 5.32 Å². The first kappa shape index (κ1) is 17.9. The van der Waals surface area contributed by atoms with E-state index in [1.807, 2.05) is 13.8 Å². The lowest BCUT2D eigenvalue weighted by molar-refractivity contribution is -0.176. The number of halogens is 4. The van der Waals surface area contributed by atoms with E-state index in [4.69, 9.17) is 4.74 Å². The zero-order valence-corrected chi connectivity index (χ0v) is 12.2. The maximum absolute atomic E-state index is 12.8. The van der Waals surface area contributed by atoms with Crippen LogP contribution in [0.5, 0.6) is 0 Å². The van der Waals surface area contributed by atoms with Crippen molar-refractivity contribution in [2.45, 2.75) is 32.5 Å². The summed E-state index contributed by atoms with van der Waals surface area (Å²) in [7, 11) is 0. The van der Waals surface area contributed by atoms with E-state index in [0.717, 1.165) is 5.56 Å². The maximum atomic E-state index is 12.8. The fourth-order valence-electron chi connectivity index (χ4n) is 1.89. The van der Waals surface area contributed by atoms with Gasteiger partial charge in [-0.05, 0) is 30.0 Å². The summed E-state index contributed by atoms with van der Waals surface area (Å²) in [5.41, 5.74) is 0.877. The predicted octanol–water partition coefficient (Wildman–Crippen LogP) is 3.56. The van der Waals surface area contributed by atoms with Crippen molar-refractivity contribution < 1.29 is 22.3 Å². The molecule has 0 amide bonds. The number of hydrogen-bond donors (Lipinski definition) is 1. The van der Waals surface area contributed by atoms with Gasteiger partial charge in [-0.15, -0.1) is 0 Å². The molecule has 0 saturated carbocycles. The first-order chi connectivity index (χ1) is 9.76. The van der Waals surface area contributed by atoms with Crippen molar-refractivity contribution in [3.63, 3.8) is 0 Å². The largest absolute Gasteiger partial charge is 0.411 e. The molecule has 0 spiro atoms. The van der Waals surface area contributed by atoms with Crippen LogP contribution in [-0.2, 0) is 11.2 Å². The van der Waals surface area contributed by atoms with Crippen molar-refractivity contribution in [1.29, 1.82) is 0 Å². The second-order valence-electron chi connectivity index (χ2n) is 5.39. The Hall–Kier alpha value is -1.14. The van der Waals surface area contributed by atoms with Gasteiger partial charge in [-0.1, -0.05) is 26.0 Å². The predicted molar refractivity (Wildman–Crippen MR) is 73.6 cm³/mol. The summed E-state index contributed by atoms with van der Waals surface area (Å²) in [4.78, 5) is 0. The molecule has 1 rings (SSSR count). The Labute approximate surface area is 122 Å². The molecule has 2 nitrogen and oxygen atoms in total. The minimum absolute atomic E-state index is 0.0105. The van der Waals surface area contributed by atoms with Crippen LogP contribution in [0.4, 0.5) is 17.6 Å². The summed E-state index contributed by atoms with van der Waals surface area (Å²) in [6.45, 7) is 3.25. The Balaban J connectivity index is 2.52. The topological polar surface area (TPSA) is 21.3 Å². The molecular weight excluding hydrogens is 286 g/mol. The third-order valence-electron chi connectivity index (χ3n) is 2.87. The van der Waals surface area contributed by atoms with Gasteiger partial charge in [0, 0.05) is 12.6 Å². The molecule has 1 unspecified atom stereocenters. The fourth-order valence-corrected chi connectivity index (χ4v) is 1.89. The van der Waals surface area contributed by atoms with E-state index in [1.54, 1.807) is 12.1 Å². The molecule has 0 aliphatic rings. The standard InChI is InChI=1S/C15H21F4NO/c1-11(2)20-8-13(9-21-10-15(17,18)19)7-12-3-5-14(16)6-4-12/h3-6,11,13,20H,7-10H2,1-2H3. The maximum Gasteiger partial charge on any atom is 0.411 e. The molecule has 1 aromatic carbocycles. The number of benzene rings is 1. The minimum atomic E-state index is -4.31. The molecule has 0 radical (unpaired) electrons. The van der Waals surface area contributed by atoms with E-state index < -0.39 is 12.8 Å². The lowest BCUT2D eigenvalue weighted by Gasteiger charge is -2.20. The quantitative estimate of drug-likeness (QED) is 0.742. The van der Waals surface area contributed by atoms with Crippen LogP contribution < -0.4 is 5.32 Å². The van der Waals surface area contributed by atoms with Crippen LogP contribution in [-0.4, -0.2) is 32.0 Å². The SMILES string of the molecule is CC(C)NCC(COCC(F)(F)F)Cc1ccc(F)cc1. The van der Waals surface area contributed by atoms with Gasteiger partial charge in [0.25, 0.3) is 0 Å². The van der Waals surface area contributed by atoms with Gasteiger partial charge >= 0.3 is 6.18 Å². The van der Waals surface area contributed by atoms with Crippen LogP contribution in [0.25, 0.3) is 0 Å². The van der Waals surface area contributed by atoms with Gasteiger partial charge in [0.15, 0.2) is 0 Å². The number of nitrogens with one attached hydrogen (secondary N) is 1. The Morgan fingerprint density at radius 2 is 1.76 bits per heavy atom. The molecule has 0 fully saturated rings. The summed E-state index contributed by atoms with van der Waals surface area (Å²) in [6.07, 6.45) is -3.77. The lowest BCUT2D eigenvalue weighted by atomic mass is 9.99. The summed E-state index contributed by atoms with van der Waals surface area (Å²) >= 11 is 0. The van der Waals surface area contributed by atoms with Crippen molar-refractivity contribution in [3.8, 4) is 0 Å². The minimum Gasteiger partial charge on any atom is -0.372 e. The Kier molecular flexibility index (Phi) is 7.11. The van der Waals surface area contributed by atoms with Crippen LogP contribution in [0.1, 0.15) is 19.4 Å². The molecule has 1 atom stereocenters. The van der Waals surface area contributed by atoms with Crippen molar-refractivity contribution in [3.05, 3.63) is 35.6 Å². The van der Waals surface area contributed by atoms with Gasteiger partial charge in [-0.25, -0.2) is 4.39 Å². The zero-order valence-electron chi connectivity index (χ0n) is 12.2. The molecule has 0 aromatic heterocycles. The van der Waals surface area contributed by atoms with Crippen LogP contribution in [0, 0.1) is 11.7 Å². The summed E-state index contributed by atoms with van der Waals surface area (Å²) in [6, 6.07) is 6.21. The monoisotopic (exact) mass is 307 g/mol. The molecule has 21 heavy (non-hydrogen) atoms. The summed E-state index contributed by atoms with van der Waals surface area (Å²) < 4.78 is 53.9. The van der Waals surface area contributed by atoms with E-state index in [9.17, 15) is 17.6 Å². The van der Waals surface area contributed by atoms with Gasteiger partial charge < -0.3 is 10.1 Å². The lowest BCUT2D eigenvalue weighted by Crippen LogP contribution is -2.33. The molecule has 0 aliphatic carbocycles. The molecule has 0 heterocycles. The fraction of sp³-hybridized carbons (Fsp3) is 0.600. The number of hydrogen-bond acceptors (Lipinski definition) is 2. The van der Waals surface area contributed by atoms with Gasteiger partial charge in [0.2, 0.25) is 0 Å². The highest BCUT2D eigenvalue weighted by molar-refractivity contribution is 5.16. The summed E-state index contributed by atoms with van der Waals surface area (Å²) in [5.74, 6) is -0.427. The number of ether oxygens (including phenoxy) is 1. The second-order valence-corrected chi connectivity index (χ2v) is 5.39. The molecule has 0 aliphatic heterocycles. The molecule has 120 valence electrons. The van der Waals surface area contributed by atoms with E-state index >= 15 is 0 Å². The molecule has 0 bridgehead atoms. The van der Waals surface area contributed by atoms with Crippen LogP contribution >= 0.6 is 0 Å². The van der Waals surface area contributed by atoms with Gasteiger partial charge in [0.1, 0.15) is 12.4 Å². The smallest absolute Gasteiger partial charge is 0.372 e. The van der Waals surface area contributed by atoms with Gasteiger partial charge in [-0.3, -0.25) is 0 Å².